The summed E-state index contributed by atoms with van der Waals surface area (Å²) < 4.78 is 0. The summed E-state index contributed by atoms with van der Waals surface area (Å²) in [5.41, 5.74) is 2.90. The molecule has 6 nitrogen and oxygen atoms in total. The van der Waals surface area contributed by atoms with E-state index in [4.69, 9.17) is 9.97 Å². The molecule has 2 aromatic heterocycles. The standard InChI is InChI=1S/C20H22N6/c1-13-20(24-17-5-3-2-4-16(17)22-13)26-11-9-15(12-26)23-18-8-10-21-19(25-18)14-6-7-14/h2-5,8,10,14-15H,6-7,9,11-12H2,1H3,(H,21,23,25). The van der Waals surface area contributed by atoms with Gasteiger partial charge in [0.1, 0.15) is 11.6 Å². The van der Waals surface area contributed by atoms with Crippen LogP contribution in [0, 0.1) is 6.92 Å². The summed E-state index contributed by atoms with van der Waals surface area (Å²) in [7, 11) is 0. The summed E-state index contributed by atoms with van der Waals surface area (Å²) in [6, 6.07) is 10.4. The molecule has 6 heteroatoms. The van der Waals surface area contributed by atoms with Crippen molar-refractivity contribution in [3.63, 3.8) is 0 Å². The van der Waals surface area contributed by atoms with Gasteiger partial charge in [0.05, 0.1) is 16.7 Å². The summed E-state index contributed by atoms with van der Waals surface area (Å²) in [5, 5.41) is 3.58. The monoisotopic (exact) mass is 346 g/mol. The highest BCUT2D eigenvalue weighted by Crippen LogP contribution is 2.38. The minimum absolute atomic E-state index is 0.365. The van der Waals surface area contributed by atoms with E-state index in [0.29, 0.717) is 12.0 Å². The van der Waals surface area contributed by atoms with Crippen molar-refractivity contribution in [3.8, 4) is 0 Å². The van der Waals surface area contributed by atoms with Crippen LogP contribution in [0.3, 0.4) is 0 Å². The first-order chi connectivity index (χ1) is 12.8. The zero-order valence-electron chi connectivity index (χ0n) is 14.9. The van der Waals surface area contributed by atoms with Crippen LogP contribution in [-0.4, -0.2) is 39.1 Å². The molecule has 0 spiro atoms. The van der Waals surface area contributed by atoms with Gasteiger partial charge in [-0.3, -0.25) is 0 Å². The predicted octanol–water partition coefficient (Wildman–Crippen LogP) is 3.30. The van der Waals surface area contributed by atoms with Crippen LogP contribution in [0.2, 0.25) is 0 Å². The first-order valence-electron chi connectivity index (χ1n) is 9.34. The van der Waals surface area contributed by atoms with Crippen LogP contribution in [0.5, 0.6) is 0 Å². The predicted molar refractivity (Wildman–Crippen MR) is 103 cm³/mol. The van der Waals surface area contributed by atoms with Crippen molar-refractivity contribution in [2.45, 2.75) is 38.1 Å². The number of aromatic nitrogens is 4. The van der Waals surface area contributed by atoms with Gasteiger partial charge in [-0.2, -0.15) is 0 Å². The summed E-state index contributed by atoms with van der Waals surface area (Å²) >= 11 is 0. The largest absolute Gasteiger partial charge is 0.365 e. The summed E-state index contributed by atoms with van der Waals surface area (Å²) in [5.74, 6) is 3.50. The topological polar surface area (TPSA) is 66.8 Å². The van der Waals surface area contributed by atoms with Crippen molar-refractivity contribution >= 4 is 22.7 Å². The van der Waals surface area contributed by atoms with E-state index in [2.05, 4.69) is 20.2 Å². The van der Waals surface area contributed by atoms with Gasteiger partial charge in [-0.05, 0) is 44.4 Å². The van der Waals surface area contributed by atoms with Gasteiger partial charge >= 0.3 is 0 Å². The molecular formula is C20H22N6. The molecule has 1 N–H and O–H groups in total. The number of hydrogen-bond donors (Lipinski definition) is 1. The summed E-state index contributed by atoms with van der Waals surface area (Å²) in [6.07, 6.45) is 5.38. The Morgan fingerprint density at radius 1 is 1.00 bits per heavy atom. The van der Waals surface area contributed by atoms with E-state index in [0.717, 1.165) is 53.7 Å². The SMILES string of the molecule is Cc1nc2ccccc2nc1N1CCC(Nc2ccnc(C3CC3)n2)C1. The number of fused-ring (bicyclic) bond motifs is 1. The lowest BCUT2D eigenvalue weighted by Gasteiger charge is -2.20. The maximum absolute atomic E-state index is 4.85. The van der Waals surface area contributed by atoms with Gasteiger partial charge in [-0.1, -0.05) is 12.1 Å². The van der Waals surface area contributed by atoms with Crippen molar-refractivity contribution in [2.24, 2.45) is 0 Å². The number of anilines is 2. The molecule has 2 aliphatic rings. The Hall–Kier alpha value is -2.76. The number of nitrogens with one attached hydrogen (secondary N) is 1. The van der Waals surface area contributed by atoms with E-state index < -0.39 is 0 Å². The molecular weight excluding hydrogens is 324 g/mol. The van der Waals surface area contributed by atoms with E-state index in [9.17, 15) is 0 Å². The van der Waals surface area contributed by atoms with Gasteiger partial charge in [-0.15, -0.1) is 0 Å². The first kappa shape index (κ1) is 15.5. The molecule has 132 valence electrons. The highest BCUT2D eigenvalue weighted by atomic mass is 15.2. The van der Waals surface area contributed by atoms with Crippen molar-refractivity contribution in [1.82, 2.24) is 19.9 Å². The average Bonchev–Trinajstić information content (AvgIpc) is 3.41. The fourth-order valence-electron chi connectivity index (χ4n) is 3.65. The number of aryl methyl sites for hydroxylation is 1. The van der Waals surface area contributed by atoms with Crippen LogP contribution in [-0.2, 0) is 0 Å². The summed E-state index contributed by atoms with van der Waals surface area (Å²) in [6.45, 7) is 3.94. The van der Waals surface area contributed by atoms with Crippen molar-refractivity contribution in [3.05, 3.63) is 48.0 Å². The Morgan fingerprint density at radius 3 is 2.62 bits per heavy atom. The van der Waals surface area contributed by atoms with Gasteiger partial charge in [0, 0.05) is 31.2 Å². The second-order valence-corrected chi connectivity index (χ2v) is 7.27. The van der Waals surface area contributed by atoms with E-state index in [1.165, 1.54) is 12.8 Å². The van der Waals surface area contributed by atoms with Gasteiger partial charge in [0.25, 0.3) is 0 Å². The number of rotatable bonds is 4. The maximum atomic E-state index is 4.85. The molecule has 0 radical (unpaired) electrons. The lowest BCUT2D eigenvalue weighted by atomic mass is 10.2. The van der Waals surface area contributed by atoms with Crippen molar-refractivity contribution in [1.29, 1.82) is 0 Å². The van der Waals surface area contributed by atoms with Crippen LogP contribution >= 0.6 is 0 Å². The first-order valence-corrected chi connectivity index (χ1v) is 9.34. The third kappa shape index (κ3) is 2.96. The number of benzene rings is 1. The van der Waals surface area contributed by atoms with Crippen molar-refractivity contribution in [2.75, 3.05) is 23.3 Å². The third-order valence-electron chi connectivity index (χ3n) is 5.18. The van der Waals surface area contributed by atoms with Crippen LogP contribution in [0.4, 0.5) is 11.6 Å². The molecule has 3 aromatic rings. The van der Waals surface area contributed by atoms with Gasteiger partial charge in [0.15, 0.2) is 5.82 Å². The second kappa shape index (κ2) is 6.20. The van der Waals surface area contributed by atoms with E-state index in [-0.39, 0.29) is 0 Å². The van der Waals surface area contributed by atoms with Crippen LogP contribution in [0.1, 0.15) is 36.7 Å². The lowest BCUT2D eigenvalue weighted by molar-refractivity contribution is 0.792. The Morgan fingerprint density at radius 2 is 1.81 bits per heavy atom. The normalized spacial score (nSPS) is 19.9. The molecule has 1 unspecified atom stereocenters. The molecule has 2 fully saturated rings. The smallest absolute Gasteiger partial charge is 0.150 e. The fourth-order valence-corrected chi connectivity index (χ4v) is 3.65. The van der Waals surface area contributed by atoms with E-state index >= 15 is 0 Å². The van der Waals surface area contributed by atoms with Gasteiger partial charge in [-0.25, -0.2) is 19.9 Å². The summed E-state index contributed by atoms with van der Waals surface area (Å²) in [4.78, 5) is 21.0. The molecule has 1 atom stereocenters. The number of para-hydroxylation sites is 2. The molecule has 26 heavy (non-hydrogen) atoms. The molecule has 0 amide bonds. The van der Waals surface area contributed by atoms with E-state index in [1.54, 1.807) is 0 Å². The molecule has 1 aliphatic heterocycles. The quantitative estimate of drug-likeness (QED) is 0.782. The van der Waals surface area contributed by atoms with Crippen molar-refractivity contribution < 1.29 is 0 Å². The molecule has 3 heterocycles. The minimum atomic E-state index is 0.365. The molecule has 1 aliphatic carbocycles. The Balaban J connectivity index is 1.32. The van der Waals surface area contributed by atoms with Crippen LogP contribution < -0.4 is 10.2 Å². The Labute approximate surface area is 152 Å². The molecule has 1 saturated carbocycles. The maximum Gasteiger partial charge on any atom is 0.150 e. The highest BCUT2D eigenvalue weighted by Gasteiger charge is 2.28. The molecule has 1 saturated heterocycles. The average molecular weight is 346 g/mol. The Bertz CT molecular complexity index is 952. The van der Waals surface area contributed by atoms with Crippen LogP contribution in [0.25, 0.3) is 11.0 Å². The highest BCUT2D eigenvalue weighted by molar-refractivity contribution is 5.76. The Kier molecular flexibility index (Phi) is 3.69. The minimum Gasteiger partial charge on any atom is -0.365 e. The zero-order chi connectivity index (χ0) is 17.5. The second-order valence-electron chi connectivity index (χ2n) is 7.27. The third-order valence-corrected chi connectivity index (χ3v) is 5.18. The molecule has 0 bridgehead atoms. The number of hydrogen-bond acceptors (Lipinski definition) is 6. The van der Waals surface area contributed by atoms with Gasteiger partial charge < -0.3 is 10.2 Å². The number of nitrogens with zero attached hydrogens (tertiary/aromatic N) is 5. The molecule has 5 rings (SSSR count). The van der Waals surface area contributed by atoms with Gasteiger partial charge in [0.2, 0.25) is 0 Å². The zero-order valence-corrected chi connectivity index (χ0v) is 14.9. The lowest BCUT2D eigenvalue weighted by Crippen LogP contribution is -2.27. The fraction of sp³-hybridized carbons (Fsp3) is 0.400. The van der Waals surface area contributed by atoms with E-state index in [1.807, 2.05) is 43.5 Å². The molecule has 1 aromatic carbocycles. The van der Waals surface area contributed by atoms with Crippen LogP contribution in [0.15, 0.2) is 36.5 Å².